The van der Waals surface area contributed by atoms with Crippen LogP contribution in [0.4, 0.5) is 18.9 Å². The van der Waals surface area contributed by atoms with Crippen LogP contribution in [0.25, 0.3) is 0 Å². The molecular formula is C16H22ClF3N2O2. The molecule has 0 aromatic heterocycles. The van der Waals surface area contributed by atoms with Gasteiger partial charge in [0.15, 0.2) is 6.61 Å². The highest BCUT2D eigenvalue weighted by Gasteiger charge is 2.32. The van der Waals surface area contributed by atoms with E-state index in [0.717, 1.165) is 19.3 Å². The minimum absolute atomic E-state index is 0. The molecule has 1 aliphatic carbocycles. The highest BCUT2D eigenvalue weighted by atomic mass is 35.5. The molecule has 0 heterocycles. The third-order valence-electron chi connectivity index (χ3n) is 4.13. The summed E-state index contributed by atoms with van der Waals surface area (Å²) in [6, 6.07) is 4.59. The molecule has 3 N–H and O–H groups in total. The Morgan fingerprint density at radius 1 is 1.38 bits per heavy atom. The lowest BCUT2D eigenvalue weighted by Gasteiger charge is -2.18. The van der Waals surface area contributed by atoms with Crippen LogP contribution >= 0.6 is 12.4 Å². The number of amides is 1. The standard InChI is InChI=1S/C16H21F3N2O2.ClH/c1-10-7-12(5-6-14(10)23-9-16(17,18)19)21-15(22)13-4-2-3-11(13)8-20;/h5-7,11,13H,2-4,8-9,20H2,1H3,(H,21,22);1H/t11-,13-;/m1./s1. The summed E-state index contributed by atoms with van der Waals surface area (Å²) in [5, 5.41) is 2.82. The minimum atomic E-state index is -4.38. The molecule has 0 radical (unpaired) electrons. The molecule has 0 bridgehead atoms. The van der Waals surface area contributed by atoms with E-state index < -0.39 is 12.8 Å². The number of ether oxygens (including phenoxy) is 1. The Morgan fingerprint density at radius 2 is 2.08 bits per heavy atom. The molecule has 0 saturated heterocycles. The van der Waals surface area contributed by atoms with Crippen LogP contribution in [0.5, 0.6) is 5.75 Å². The number of carbonyl (C=O) groups is 1. The summed E-state index contributed by atoms with van der Waals surface area (Å²) in [5.74, 6) is 0.175. The van der Waals surface area contributed by atoms with E-state index in [4.69, 9.17) is 10.5 Å². The molecule has 136 valence electrons. The summed E-state index contributed by atoms with van der Waals surface area (Å²) < 4.78 is 41.3. The Balaban J connectivity index is 0.00000288. The molecule has 1 aromatic rings. The Bertz CT molecular complexity index is 567. The molecule has 1 aromatic carbocycles. The zero-order valence-corrected chi connectivity index (χ0v) is 14.2. The topological polar surface area (TPSA) is 64.4 Å². The maximum atomic E-state index is 12.3. The van der Waals surface area contributed by atoms with Crippen molar-refractivity contribution in [3.05, 3.63) is 23.8 Å². The van der Waals surface area contributed by atoms with Gasteiger partial charge < -0.3 is 15.8 Å². The largest absolute Gasteiger partial charge is 0.484 e. The third kappa shape index (κ3) is 5.56. The molecule has 24 heavy (non-hydrogen) atoms. The first-order valence-electron chi connectivity index (χ1n) is 7.61. The fraction of sp³-hybridized carbons (Fsp3) is 0.562. The molecule has 4 nitrogen and oxygen atoms in total. The molecule has 0 spiro atoms. The second kappa shape index (κ2) is 8.58. The van der Waals surface area contributed by atoms with Gasteiger partial charge in [-0.2, -0.15) is 13.2 Å². The number of nitrogens with one attached hydrogen (secondary N) is 1. The molecule has 0 unspecified atom stereocenters. The lowest BCUT2D eigenvalue weighted by atomic mass is 9.95. The molecule has 1 amide bonds. The average molecular weight is 367 g/mol. The van der Waals surface area contributed by atoms with Crippen molar-refractivity contribution < 1.29 is 22.7 Å². The molecule has 8 heteroatoms. The number of carbonyl (C=O) groups excluding carboxylic acids is 1. The molecule has 1 saturated carbocycles. The van der Waals surface area contributed by atoms with Gasteiger partial charge in [0, 0.05) is 11.6 Å². The third-order valence-corrected chi connectivity index (χ3v) is 4.13. The van der Waals surface area contributed by atoms with Gasteiger partial charge >= 0.3 is 6.18 Å². The maximum Gasteiger partial charge on any atom is 0.422 e. The van der Waals surface area contributed by atoms with Gasteiger partial charge in [-0.3, -0.25) is 4.79 Å². The van der Waals surface area contributed by atoms with E-state index in [2.05, 4.69) is 5.32 Å². The van der Waals surface area contributed by atoms with Crippen molar-refractivity contribution in [2.24, 2.45) is 17.6 Å². The van der Waals surface area contributed by atoms with Crippen LogP contribution in [0.2, 0.25) is 0 Å². The summed E-state index contributed by atoms with van der Waals surface area (Å²) >= 11 is 0. The van der Waals surface area contributed by atoms with Crippen molar-refractivity contribution >= 4 is 24.0 Å². The summed E-state index contributed by atoms with van der Waals surface area (Å²) in [5.41, 5.74) is 6.77. The fourth-order valence-corrected chi connectivity index (χ4v) is 2.95. The molecule has 2 rings (SSSR count). The molecule has 1 aliphatic rings. The Hall–Kier alpha value is -1.47. The minimum Gasteiger partial charge on any atom is -0.484 e. The number of alkyl halides is 3. The predicted octanol–water partition coefficient (Wildman–Crippen LogP) is 3.67. The van der Waals surface area contributed by atoms with E-state index in [1.807, 2.05) is 0 Å². The van der Waals surface area contributed by atoms with Gasteiger partial charge in [-0.25, -0.2) is 0 Å². The van der Waals surface area contributed by atoms with Crippen molar-refractivity contribution in [2.45, 2.75) is 32.4 Å². The number of hydrogen-bond acceptors (Lipinski definition) is 3. The maximum absolute atomic E-state index is 12.3. The van der Waals surface area contributed by atoms with Crippen molar-refractivity contribution in [2.75, 3.05) is 18.5 Å². The second-order valence-electron chi connectivity index (χ2n) is 5.91. The summed E-state index contributed by atoms with van der Waals surface area (Å²) in [7, 11) is 0. The number of aryl methyl sites for hydroxylation is 1. The van der Waals surface area contributed by atoms with E-state index in [-0.39, 0.29) is 35.9 Å². The van der Waals surface area contributed by atoms with E-state index in [0.29, 0.717) is 17.8 Å². The lowest BCUT2D eigenvalue weighted by molar-refractivity contribution is -0.153. The number of anilines is 1. The van der Waals surface area contributed by atoms with E-state index in [1.165, 1.54) is 6.07 Å². The molecule has 1 fully saturated rings. The van der Waals surface area contributed by atoms with Crippen LogP contribution in [0.15, 0.2) is 18.2 Å². The first kappa shape index (κ1) is 20.6. The zero-order valence-electron chi connectivity index (χ0n) is 13.4. The van der Waals surface area contributed by atoms with Gasteiger partial charge in [-0.1, -0.05) is 6.42 Å². The first-order valence-corrected chi connectivity index (χ1v) is 7.61. The lowest BCUT2D eigenvalue weighted by Crippen LogP contribution is -2.29. The van der Waals surface area contributed by atoms with Crippen LogP contribution in [-0.2, 0) is 4.79 Å². The normalized spacial score (nSPS) is 20.4. The van der Waals surface area contributed by atoms with Gasteiger partial charge in [0.2, 0.25) is 5.91 Å². The first-order chi connectivity index (χ1) is 10.8. The predicted molar refractivity (Wildman–Crippen MR) is 88.5 cm³/mol. The van der Waals surface area contributed by atoms with E-state index in [1.54, 1.807) is 19.1 Å². The van der Waals surface area contributed by atoms with Gasteiger partial charge in [0.1, 0.15) is 5.75 Å². The number of nitrogens with two attached hydrogens (primary N) is 1. The van der Waals surface area contributed by atoms with Gasteiger partial charge in [-0.15, -0.1) is 12.4 Å². The van der Waals surface area contributed by atoms with Crippen LogP contribution in [0.3, 0.4) is 0 Å². The molecule has 0 aliphatic heterocycles. The summed E-state index contributed by atoms with van der Waals surface area (Å²) in [6.45, 7) is 0.792. The number of halogens is 4. The summed E-state index contributed by atoms with van der Waals surface area (Å²) in [6.07, 6.45) is -1.61. The fourth-order valence-electron chi connectivity index (χ4n) is 2.95. The SMILES string of the molecule is Cc1cc(NC(=O)[C@@H]2CCC[C@@H]2CN)ccc1OCC(F)(F)F.Cl. The van der Waals surface area contributed by atoms with Gasteiger partial charge in [0.05, 0.1) is 0 Å². The number of hydrogen-bond donors (Lipinski definition) is 2. The quantitative estimate of drug-likeness (QED) is 0.835. The zero-order chi connectivity index (χ0) is 17.0. The highest BCUT2D eigenvalue weighted by Crippen LogP contribution is 2.32. The monoisotopic (exact) mass is 366 g/mol. The smallest absolute Gasteiger partial charge is 0.422 e. The Labute approximate surface area is 145 Å². The van der Waals surface area contributed by atoms with Crippen LogP contribution in [0.1, 0.15) is 24.8 Å². The van der Waals surface area contributed by atoms with Crippen molar-refractivity contribution in [3.8, 4) is 5.75 Å². The van der Waals surface area contributed by atoms with Crippen LogP contribution in [-0.4, -0.2) is 25.2 Å². The van der Waals surface area contributed by atoms with Crippen molar-refractivity contribution in [3.63, 3.8) is 0 Å². The molecular weight excluding hydrogens is 345 g/mol. The van der Waals surface area contributed by atoms with Crippen LogP contribution in [0, 0.1) is 18.8 Å². The van der Waals surface area contributed by atoms with Crippen molar-refractivity contribution in [1.82, 2.24) is 0 Å². The van der Waals surface area contributed by atoms with E-state index >= 15 is 0 Å². The molecule has 2 atom stereocenters. The second-order valence-corrected chi connectivity index (χ2v) is 5.91. The number of benzene rings is 1. The van der Waals surface area contributed by atoms with Gasteiger partial charge in [-0.05, 0) is 56.0 Å². The van der Waals surface area contributed by atoms with Crippen molar-refractivity contribution in [1.29, 1.82) is 0 Å². The number of rotatable bonds is 5. The van der Waals surface area contributed by atoms with E-state index in [9.17, 15) is 18.0 Å². The van der Waals surface area contributed by atoms with Crippen LogP contribution < -0.4 is 15.8 Å². The van der Waals surface area contributed by atoms with Gasteiger partial charge in [0.25, 0.3) is 0 Å². The summed E-state index contributed by atoms with van der Waals surface area (Å²) in [4.78, 5) is 12.3. The Morgan fingerprint density at radius 3 is 2.67 bits per heavy atom. The average Bonchev–Trinajstić information content (AvgIpc) is 2.94. The highest BCUT2D eigenvalue weighted by molar-refractivity contribution is 5.93. The Kier molecular flexibility index (Phi) is 7.35.